The molecule has 0 saturated carbocycles. The van der Waals surface area contributed by atoms with Crippen LogP contribution in [0.15, 0.2) is 0 Å². The van der Waals surface area contributed by atoms with E-state index in [1.54, 1.807) is 0 Å². The Balaban J connectivity index is 2.99. The van der Waals surface area contributed by atoms with Crippen LogP contribution in [0.1, 0.15) is 0 Å². The summed E-state index contributed by atoms with van der Waals surface area (Å²) in [6.45, 7) is 0. The van der Waals surface area contributed by atoms with E-state index in [0.717, 1.165) is 0 Å². The van der Waals surface area contributed by atoms with Crippen molar-refractivity contribution in [2.75, 3.05) is 0 Å². The van der Waals surface area contributed by atoms with Crippen LogP contribution in [-0.2, 0) is 0 Å². The highest BCUT2D eigenvalue weighted by atomic mass is 35.5. The molecule has 0 fully saturated rings. The van der Waals surface area contributed by atoms with Gasteiger partial charge in [0.15, 0.2) is 0 Å². The lowest BCUT2D eigenvalue weighted by atomic mass is 9.66. The minimum atomic E-state index is -2.62. The minimum absolute atomic E-state index is 1.54. The molecule has 0 unspecified atom stereocenters. The molecule has 0 rings (SSSR count). The van der Waals surface area contributed by atoms with Gasteiger partial charge in [0, 0.05) is 0 Å². The van der Waals surface area contributed by atoms with Gasteiger partial charge in [0.2, 0.25) is 0 Å². The van der Waals surface area contributed by atoms with Crippen molar-refractivity contribution in [3.63, 3.8) is 0 Å². The van der Waals surface area contributed by atoms with E-state index in [2.05, 4.69) is 22.9 Å². The monoisotopic (exact) mass is 130 g/mol. The molecule has 0 spiro atoms. The summed E-state index contributed by atoms with van der Waals surface area (Å²) in [6.07, 6.45) is 0. The molecule has 0 heterocycles. The van der Waals surface area contributed by atoms with Crippen LogP contribution in [0.5, 0.6) is 0 Å². The van der Waals surface area contributed by atoms with Gasteiger partial charge in [0.05, 0.1) is 0 Å². The smallest absolute Gasteiger partial charge is 0.294 e. The molecule has 0 nitrogen and oxygen atoms in total. The lowest BCUT2D eigenvalue weighted by Crippen LogP contribution is -2.13. The fourth-order valence-electron chi connectivity index (χ4n) is 0. The largest absolute Gasteiger partial charge is 0.532 e. The van der Waals surface area contributed by atoms with Crippen LogP contribution >= 0.6 is 22.9 Å². The molecular weight excluding hydrogens is 131 g/mol. The third-order valence-electron chi connectivity index (χ3n) is 0.190. The number of hydrogen-bond acceptors (Lipinski definition) is 0. The van der Waals surface area contributed by atoms with E-state index in [1.165, 1.54) is 0 Å². The number of hydrogen-bond donors (Lipinski definition) is 0. The second-order valence-corrected chi connectivity index (χ2v) is 1.83. The maximum absolute atomic E-state index is 10.9. The zero-order chi connectivity index (χ0) is 5.15. The van der Waals surface area contributed by atoms with Crippen LogP contribution in [0.25, 0.3) is 0 Å². The predicted molar refractivity (Wildman–Crippen MR) is 25.4 cm³/mol. The number of halogens is 4. The number of rotatable bonds is 1. The molecule has 0 aromatic rings. The first kappa shape index (κ1) is 6.57. The van der Waals surface area contributed by atoms with E-state index in [1.807, 2.05) is 0 Å². The van der Waals surface area contributed by atoms with E-state index in [-0.39, 0.29) is 0 Å². The zero-order valence-electron chi connectivity index (χ0n) is 2.67. The summed E-state index contributed by atoms with van der Waals surface area (Å²) < 4.78 is 21.8. The van der Waals surface area contributed by atoms with Crippen molar-refractivity contribution in [2.24, 2.45) is 0 Å². The summed E-state index contributed by atoms with van der Waals surface area (Å²) in [4.78, 5) is 0. The van der Waals surface area contributed by atoms with Crippen molar-refractivity contribution in [3.05, 3.63) is 0 Å². The molecule has 6 heavy (non-hydrogen) atoms. The van der Waals surface area contributed by atoms with Crippen LogP contribution in [-0.4, -0.2) is 12.6 Å². The molecule has 0 bridgehead atoms. The normalized spacial score (nSPS) is 8.00. The van der Waals surface area contributed by atoms with Crippen molar-refractivity contribution in [1.82, 2.24) is 0 Å². The van der Waals surface area contributed by atoms with Gasteiger partial charge in [-0.2, -0.15) is 22.9 Å². The van der Waals surface area contributed by atoms with Crippen LogP contribution in [0.3, 0.4) is 0 Å². The molecule has 34 valence electrons. The highest BCUT2D eigenvalue weighted by Gasteiger charge is 2.27. The molecule has 0 radical (unpaired) electrons. The average molecular weight is 131 g/mol. The van der Waals surface area contributed by atoms with Crippen LogP contribution in [0.4, 0.5) is 8.63 Å². The van der Waals surface area contributed by atoms with Crippen LogP contribution < -0.4 is 0 Å². The van der Waals surface area contributed by atoms with E-state index in [4.69, 9.17) is 0 Å². The molecule has 0 aromatic carbocycles. The lowest BCUT2D eigenvalue weighted by molar-refractivity contribution is 0.696. The summed E-state index contributed by atoms with van der Waals surface area (Å²) in [5.74, 6) is 0. The molecule has 0 saturated heterocycles. The van der Waals surface area contributed by atoms with E-state index in [9.17, 15) is 8.63 Å². The Morgan fingerprint density at radius 2 is 1.33 bits per heavy atom. The highest BCUT2D eigenvalue weighted by Crippen LogP contribution is 2.01. The van der Waals surface area contributed by atoms with Crippen molar-refractivity contribution in [3.8, 4) is 0 Å². The Labute approximate surface area is 44.9 Å². The van der Waals surface area contributed by atoms with Gasteiger partial charge in [-0.05, 0) is 0 Å². The first-order valence-corrected chi connectivity index (χ1v) is 2.08. The molecule has 0 amide bonds. The predicted octanol–water partition coefficient (Wildman–Crippen LogP) is 1.46. The van der Waals surface area contributed by atoms with Gasteiger partial charge in [0.25, 0.3) is 0 Å². The molecule has 6 heteroatoms. The fraction of sp³-hybridized carbons (Fsp3) is 0. The third-order valence-corrected chi connectivity index (χ3v) is 0.571. The molecule has 0 aliphatic rings. The fourth-order valence-corrected chi connectivity index (χ4v) is 0. The molecule has 0 aliphatic heterocycles. The first-order valence-electron chi connectivity index (χ1n) is 1.21. The van der Waals surface area contributed by atoms with Gasteiger partial charge in [-0.15, -0.1) is 0 Å². The zero-order valence-corrected chi connectivity index (χ0v) is 4.18. The summed E-state index contributed by atoms with van der Waals surface area (Å²) in [5.41, 5.74) is -1.54. The van der Waals surface area contributed by atoms with Gasteiger partial charge in [-0.25, -0.2) is 0 Å². The summed E-state index contributed by atoms with van der Waals surface area (Å²) >= 11 is 9.26. The Morgan fingerprint density at radius 3 is 1.33 bits per heavy atom. The van der Waals surface area contributed by atoms with Gasteiger partial charge in [0.1, 0.15) is 0 Å². The second kappa shape index (κ2) is 2.69. The maximum Gasteiger partial charge on any atom is 0.532 e. The van der Waals surface area contributed by atoms with Crippen LogP contribution in [0, 0.1) is 0 Å². The molecular formula is B2Cl2F2. The standard InChI is InChI=1S/B2Cl2F2/c3-1(4)2(5)6. The summed E-state index contributed by atoms with van der Waals surface area (Å²) in [5, 5.41) is 0. The van der Waals surface area contributed by atoms with Crippen molar-refractivity contribution in [1.29, 1.82) is 0 Å². The Hall–Kier alpha value is 0.570. The molecule has 0 atom stereocenters. The highest BCUT2D eigenvalue weighted by molar-refractivity contribution is 7.58. The third kappa shape index (κ3) is 2.79. The van der Waals surface area contributed by atoms with E-state index in [0.29, 0.717) is 0 Å². The minimum Gasteiger partial charge on any atom is -0.294 e. The molecule has 0 aliphatic carbocycles. The maximum atomic E-state index is 10.9. The second-order valence-electron chi connectivity index (χ2n) is 0.669. The van der Waals surface area contributed by atoms with Crippen molar-refractivity contribution >= 4 is 35.5 Å². The van der Waals surface area contributed by atoms with Gasteiger partial charge in [-0.1, -0.05) is 0 Å². The summed E-state index contributed by atoms with van der Waals surface area (Å²) in [7, 11) is -2.62. The first-order chi connectivity index (χ1) is 2.64. The van der Waals surface area contributed by atoms with Crippen LogP contribution in [0.2, 0.25) is 0 Å². The van der Waals surface area contributed by atoms with Gasteiger partial charge in [-0.3, -0.25) is 8.63 Å². The quantitative estimate of drug-likeness (QED) is 0.472. The van der Waals surface area contributed by atoms with Gasteiger partial charge < -0.3 is 0 Å². The average Bonchev–Trinajstić information content (AvgIpc) is 1.36. The van der Waals surface area contributed by atoms with Crippen molar-refractivity contribution in [2.45, 2.75) is 0 Å². The Bertz CT molecular complexity index is 30.5. The van der Waals surface area contributed by atoms with Gasteiger partial charge >= 0.3 is 12.6 Å². The SMILES string of the molecule is FB(F)B(Cl)Cl. The molecule has 0 N–H and O–H groups in total. The Kier molecular flexibility index (Phi) is 2.95. The summed E-state index contributed by atoms with van der Waals surface area (Å²) in [6, 6.07) is 0. The van der Waals surface area contributed by atoms with E-state index >= 15 is 0 Å². The van der Waals surface area contributed by atoms with Crippen molar-refractivity contribution < 1.29 is 8.63 Å². The van der Waals surface area contributed by atoms with E-state index < -0.39 is 12.6 Å². The lowest BCUT2D eigenvalue weighted by Gasteiger charge is -1.81. The Morgan fingerprint density at radius 1 is 1.17 bits per heavy atom. The topological polar surface area (TPSA) is 0 Å². The molecule has 0 aromatic heterocycles.